The van der Waals surface area contributed by atoms with Gasteiger partial charge in [-0.05, 0) is 24.6 Å². The van der Waals surface area contributed by atoms with Crippen molar-refractivity contribution in [2.45, 2.75) is 6.92 Å². The fraction of sp³-hybridized carbons (Fsp3) is 0.385. The van der Waals surface area contributed by atoms with Gasteiger partial charge in [-0.1, -0.05) is 6.07 Å². The minimum Gasteiger partial charge on any atom is -0.480 e. The summed E-state index contributed by atoms with van der Waals surface area (Å²) in [5, 5.41) is 11.1. The number of carboxylic acids is 1. The van der Waals surface area contributed by atoms with Crippen LogP contribution in [0, 0.1) is 12.7 Å². The number of hydrogen-bond donors (Lipinski definition) is 2. The van der Waals surface area contributed by atoms with E-state index in [2.05, 4.69) is 5.32 Å². The van der Waals surface area contributed by atoms with Gasteiger partial charge in [0, 0.05) is 13.7 Å². The van der Waals surface area contributed by atoms with Gasteiger partial charge in [-0.25, -0.2) is 9.18 Å². The number of carbonyl (C=O) groups excluding carboxylic acids is 1. The van der Waals surface area contributed by atoms with Crippen molar-refractivity contribution in [3.63, 3.8) is 0 Å². The number of nitrogens with zero attached hydrogens (tertiary/aromatic N) is 1. The zero-order chi connectivity index (χ0) is 15.1. The number of carboxylic acid groups (broad SMARTS) is 1. The number of aliphatic carboxylic acids is 1. The monoisotopic (exact) mass is 284 g/mol. The van der Waals surface area contributed by atoms with E-state index < -0.39 is 24.4 Å². The van der Waals surface area contributed by atoms with Crippen LogP contribution >= 0.6 is 0 Å². The molecule has 0 aliphatic heterocycles. The summed E-state index contributed by atoms with van der Waals surface area (Å²) in [6.07, 6.45) is 0. The maximum atomic E-state index is 13.5. The van der Waals surface area contributed by atoms with Crippen LogP contribution < -0.4 is 5.32 Å². The van der Waals surface area contributed by atoms with Crippen molar-refractivity contribution in [1.29, 1.82) is 0 Å². The van der Waals surface area contributed by atoms with Gasteiger partial charge in [-0.2, -0.15) is 0 Å². The van der Waals surface area contributed by atoms with Crippen molar-refractivity contribution < 1.29 is 23.8 Å². The second-order valence-corrected chi connectivity index (χ2v) is 4.22. The molecule has 0 heterocycles. The molecule has 0 saturated carbocycles. The molecule has 0 fully saturated rings. The number of methoxy groups -OCH3 is 1. The Morgan fingerprint density at radius 1 is 1.45 bits per heavy atom. The molecule has 2 amide bonds. The highest BCUT2D eigenvalue weighted by Crippen LogP contribution is 2.16. The van der Waals surface area contributed by atoms with Crippen LogP contribution in [0.3, 0.4) is 0 Å². The Hall–Kier alpha value is -2.15. The van der Waals surface area contributed by atoms with Gasteiger partial charge in [-0.15, -0.1) is 0 Å². The molecule has 0 aliphatic rings. The molecule has 1 rings (SSSR count). The molecular formula is C13H17FN2O4. The minimum absolute atomic E-state index is 0.0165. The Morgan fingerprint density at radius 3 is 2.75 bits per heavy atom. The lowest BCUT2D eigenvalue weighted by atomic mass is 10.2. The molecular weight excluding hydrogens is 267 g/mol. The van der Waals surface area contributed by atoms with Crippen molar-refractivity contribution in [3.05, 3.63) is 29.6 Å². The fourth-order valence-electron chi connectivity index (χ4n) is 1.55. The SMILES string of the molecule is COCCN(CC(=O)O)C(=O)Nc1cc(C)ccc1F. The third-order valence-corrected chi connectivity index (χ3v) is 2.54. The highest BCUT2D eigenvalue weighted by atomic mass is 19.1. The first-order valence-electron chi connectivity index (χ1n) is 5.97. The number of halogens is 1. The van der Waals surface area contributed by atoms with Gasteiger partial charge in [0.1, 0.15) is 12.4 Å². The Morgan fingerprint density at radius 2 is 2.15 bits per heavy atom. The van der Waals surface area contributed by atoms with Crippen LogP contribution in [-0.4, -0.2) is 48.8 Å². The maximum absolute atomic E-state index is 13.5. The normalized spacial score (nSPS) is 10.2. The number of carbonyl (C=O) groups is 2. The summed E-state index contributed by atoms with van der Waals surface area (Å²) in [5.74, 6) is -1.73. The van der Waals surface area contributed by atoms with E-state index in [1.165, 1.54) is 19.2 Å². The molecule has 1 aromatic rings. The zero-order valence-electron chi connectivity index (χ0n) is 11.4. The lowest BCUT2D eigenvalue weighted by Gasteiger charge is -2.21. The summed E-state index contributed by atoms with van der Waals surface area (Å²) in [5.41, 5.74) is 0.797. The molecule has 0 aromatic heterocycles. The number of nitrogens with one attached hydrogen (secondary N) is 1. The van der Waals surface area contributed by atoms with Gasteiger partial charge in [0.2, 0.25) is 0 Å². The van der Waals surface area contributed by atoms with Crippen molar-refractivity contribution in [1.82, 2.24) is 4.90 Å². The number of anilines is 1. The Kier molecular flexibility index (Phi) is 5.92. The topological polar surface area (TPSA) is 78.9 Å². The molecule has 0 radical (unpaired) electrons. The third-order valence-electron chi connectivity index (χ3n) is 2.54. The maximum Gasteiger partial charge on any atom is 0.323 e. The minimum atomic E-state index is -1.15. The molecule has 2 N–H and O–H groups in total. The van der Waals surface area contributed by atoms with Gasteiger partial charge in [0.15, 0.2) is 0 Å². The molecule has 0 aliphatic carbocycles. The molecule has 0 saturated heterocycles. The number of hydrogen-bond acceptors (Lipinski definition) is 3. The average molecular weight is 284 g/mol. The highest BCUT2D eigenvalue weighted by Gasteiger charge is 2.17. The summed E-state index contributed by atoms with van der Waals surface area (Å²) in [6.45, 7) is 1.57. The van der Waals surface area contributed by atoms with Crippen molar-refractivity contribution in [2.24, 2.45) is 0 Å². The van der Waals surface area contributed by atoms with Crippen molar-refractivity contribution >= 4 is 17.7 Å². The number of aryl methyl sites for hydroxylation is 1. The predicted molar refractivity (Wildman–Crippen MR) is 71.2 cm³/mol. The van der Waals surface area contributed by atoms with Gasteiger partial charge >= 0.3 is 12.0 Å². The van der Waals surface area contributed by atoms with E-state index in [1.807, 2.05) is 0 Å². The number of ether oxygens (including phenoxy) is 1. The predicted octanol–water partition coefficient (Wildman–Crippen LogP) is 1.70. The Bertz CT molecular complexity index is 493. The molecule has 110 valence electrons. The summed E-state index contributed by atoms with van der Waals surface area (Å²) < 4.78 is 18.3. The third kappa shape index (κ3) is 4.85. The van der Waals surface area contributed by atoms with E-state index in [0.717, 1.165) is 10.5 Å². The number of urea groups is 1. The second kappa shape index (κ2) is 7.44. The van der Waals surface area contributed by atoms with E-state index in [9.17, 15) is 14.0 Å². The van der Waals surface area contributed by atoms with Gasteiger partial charge in [0.05, 0.1) is 12.3 Å². The van der Waals surface area contributed by atoms with Gasteiger partial charge in [0.25, 0.3) is 0 Å². The quantitative estimate of drug-likeness (QED) is 0.833. The van der Waals surface area contributed by atoms with Gasteiger partial charge < -0.3 is 20.1 Å². The van der Waals surface area contributed by atoms with Crippen LogP contribution in [0.25, 0.3) is 0 Å². The van der Waals surface area contributed by atoms with E-state index in [4.69, 9.17) is 9.84 Å². The summed E-state index contributed by atoms with van der Waals surface area (Å²) >= 11 is 0. The zero-order valence-corrected chi connectivity index (χ0v) is 11.4. The van der Waals surface area contributed by atoms with Crippen LogP contribution in [-0.2, 0) is 9.53 Å². The van der Waals surface area contributed by atoms with Crippen LogP contribution in [0.1, 0.15) is 5.56 Å². The number of rotatable bonds is 6. The highest BCUT2D eigenvalue weighted by molar-refractivity contribution is 5.91. The number of amides is 2. The molecule has 0 bridgehead atoms. The molecule has 20 heavy (non-hydrogen) atoms. The fourth-order valence-corrected chi connectivity index (χ4v) is 1.55. The lowest BCUT2D eigenvalue weighted by molar-refractivity contribution is -0.137. The van der Waals surface area contributed by atoms with Crippen LogP contribution in [0.5, 0.6) is 0 Å². The average Bonchev–Trinajstić information content (AvgIpc) is 2.38. The van der Waals surface area contributed by atoms with Crippen LogP contribution in [0.4, 0.5) is 14.9 Å². The first-order chi connectivity index (χ1) is 9.43. The van der Waals surface area contributed by atoms with Crippen LogP contribution in [0.2, 0.25) is 0 Å². The van der Waals surface area contributed by atoms with Crippen molar-refractivity contribution in [2.75, 3.05) is 32.1 Å². The Labute approximate surface area is 116 Å². The van der Waals surface area contributed by atoms with E-state index in [0.29, 0.717) is 0 Å². The smallest absolute Gasteiger partial charge is 0.323 e. The first-order valence-corrected chi connectivity index (χ1v) is 5.97. The lowest BCUT2D eigenvalue weighted by Crippen LogP contribution is -2.40. The standard InChI is InChI=1S/C13H17FN2O4/c1-9-3-4-10(14)11(7-9)15-13(19)16(5-6-20-2)8-12(17)18/h3-4,7H,5-6,8H2,1-2H3,(H,15,19)(H,17,18). The first kappa shape index (κ1) is 15.9. The van der Waals surface area contributed by atoms with E-state index >= 15 is 0 Å². The van der Waals surface area contributed by atoms with E-state index in [1.54, 1.807) is 13.0 Å². The van der Waals surface area contributed by atoms with Gasteiger partial charge in [-0.3, -0.25) is 4.79 Å². The summed E-state index contributed by atoms with van der Waals surface area (Å²) in [4.78, 5) is 23.7. The molecule has 6 nitrogen and oxygen atoms in total. The van der Waals surface area contributed by atoms with Crippen LogP contribution in [0.15, 0.2) is 18.2 Å². The Balaban J connectivity index is 2.78. The van der Waals surface area contributed by atoms with E-state index in [-0.39, 0.29) is 18.8 Å². The second-order valence-electron chi connectivity index (χ2n) is 4.22. The molecule has 0 atom stereocenters. The molecule has 0 spiro atoms. The molecule has 0 unspecified atom stereocenters. The molecule has 7 heteroatoms. The number of benzene rings is 1. The largest absolute Gasteiger partial charge is 0.480 e. The summed E-state index contributed by atoms with van der Waals surface area (Å²) in [7, 11) is 1.44. The molecule has 1 aromatic carbocycles. The summed E-state index contributed by atoms with van der Waals surface area (Å²) in [6, 6.07) is 3.60. The van der Waals surface area contributed by atoms with Crippen molar-refractivity contribution in [3.8, 4) is 0 Å².